The van der Waals surface area contributed by atoms with Crippen LogP contribution in [-0.4, -0.2) is 4.92 Å². The number of benzene rings is 1. The molecule has 2 rings (SSSR count). The number of nitrogen functional groups attached to an aromatic ring is 1. The van der Waals surface area contributed by atoms with Gasteiger partial charge in [-0.25, -0.2) is 0 Å². The zero-order valence-corrected chi connectivity index (χ0v) is 9.31. The summed E-state index contributed by atoms with van der Waals surface area (Å²) in [5.41, 5.74) is 5.25. The molecule has 2 N–H and O–H groups in total. The lowest BCUT2D eigenvalue weighted by Gasteiger charge is -2.04. The van der Waals surface area contributed by atoms with Crippen molar-refractivity contribution in [2.75, 3.05) is 5.73 Å². The minimum absolute atomic E-state index is 0.0195. The highest BCUT2D eigenvalue weighted by atomic mass is 16.6. The fraction of sp³-hybridized carbons (Fsp3) is 0.182. The Kier molecular flexibility index (Phi) is 2.35. The van der Waals surface area contributed by atoms with E-state index in [0.29, 0.717) is 11.3 Å². The molecule has 1 aromatic carbocycles. The van der Waals surface area contributed by atoms with Crippen LogP contribution in [0.1, 0.15) is 11.3 Å². The van der Waals surface area contributed by atoms with Crippen LogP contribution in [0, 0.1) is 24.0 Å². The molecule has 0 radical (unpaired) electrons. The van der Waals surface area contributed by atoms with E-state index in [0.717, 1.165) is 0 Å². The average molecular weight is 234 g/mol. The molecular formula is C11H10N2O4. The van der Waals surface area contributed by atoms with E-state index in [4.69, 9.17) is 10.2 Å². The summed E-state index contributed by atoms with van der Waals surface area (Å²) in [4.78, 5) is 22.2. The molecule has 0 bridgehead atoms. The Morgan fingerprint density at radius 1 is 1.35 bits per heavy atom. The maximum Gasteiger partial charge on any atom is 0.334 e. The molecule has 1 heterocycles. The summed E-state index contributed by atoms with van der Waals surface area (Å²) in [7, 11) is 0. The predicted octanol–water partition coefficient (Wildman–Crippen LogP) is 1.90. The summed E-state index contributed by atoms with van der Waals surface area (Å²) >= 11 is 0. The molecule has 1 aromatic heterocycles. The molecule has 6 heteroatoms. The number of anilines is 1. The van der Waals surface area contributed by atoms with E-state index < -0.39 is 4.92 Å². The van der Waals surface area contributed by atoms with E-state index in [1.807, 2.05) is 0 Å². The Morgan fingerprint density at radius 2 is 2.00 bits per heavy atom. The van der Waals surface area contributed by atoms with Crippen molar-refractivity contribution in [3.8, 4) is 0 Å². The molecule has 0 saturated heterocycles. The van der Waals surface area contributed by atoms with Crippen LogP contribution < -0.4 is 11.2 Å². The summed E-state index contributed by atoms with van der Waals surface area (Å²) in [6.07, 6.45) is 0. The van der Waals surface area contributed by atoms with Gasteiger partial charge in [-0.1, -0.05) is 0 Å². The van der Waals surface area contributed by atoms with E-state index in [2.05, 4.69) is 0 Å². The number of nitrogens with zero attached hydrogens (tertiary/aromatic N) is 1. The van der Waals surface area contributed by atoms with E-state index in [-0.39, 0.29) is 27.8 Å². The van der Waals surface area contributed by atoms with Gasteiger partial charge in [0.15, 0.2) is 5.43 Å². The zero-order chi connectivity index (χ0) is 12.7. The molecule has 0 aliphatic heterocycles. The molecule has 0 spiro atoms. The van der Waals surface area contributed by atoms with Crippen LogP contribution in [0.25, 0.3) is 11.0 Å². The van der Waals surface area contributed by atoms with E-state index >= 15 is 0 Å². The maximum atomic E-state index is 11.9. The van der Waals surface area contributed by atoms with Gasteiger partial charge in [0.1, 0.15) is 11.4 Å². The van der Waals surface area contributed by atoms with Gasteiger partial charge in [0.05, 0.1) is 10.3 Å². The molecule has 0 aliphatic rings. The van der Waals surface area contributed by atoms with E-state index in [1.54, 1.807) is 13.8 Å². The van der Waals surface area contributed by atoms with Gasteiger partial charge >= 0.3 is 5.69 Å². The fourth-order valence-electron chi connectivity index (χ4n) is 1.65. The van der Waals surface area contributed by atoms with Crippen molar-refractivity contribution in [3.63, 3.8) is 0 Å². The highest BCUT2D eigenvalue weighted by molar-refractivity contribution is 5.91. The summed E-state index contributed by atoms with van der Waals surface area (Å²) < 4.78 is 5.32. The Labute approximate surface area is 95.8 Å². The first-order chi connectivity index (χ1) is 7.93. The van der Waals surface area contributed by atoms with Gasteiger partial charge in [0.2, 0.25) is 5.58 Å². The van der Waals surface area contributed by atoms with E-state index in [9.17, 15) is 14.9 Å². The van der Waals surface area contributed by atoms with Crippen molar-refractivity contribution in [2.45, 2.75) is 13.8 Å². The molecule has 0 aliphatic carbocycles. The maximum absolute atomic E-state index is 11.9. The minimum atomic E-state index is -0.643. The van der Waals surface area contributed by atoms with Crippen molar-refractivity contribution in [1.82, 2.24) is 0 Å². The van der Waals surface area contributed by atoms with Gasteiger partial charge in [-0.05, 0) is 26.0 Å². The first kappa shape index (κ1) is 11.1. The highest BCUT2D eigenvalue weighted by Crippen LogP contribution is 2.30. The number of rotatable bonds is 1. The third-order valence-corrected chi connectivity index (χ3v) is 2.71. The number of fused-ring (bicyclic) bond motifs is 1. The average Bonchev–Trinajstić information content (AvgIpc) is 2.25. The van der Waals surface area contributed by atoms with Crippen molar-refractivity contribution in [1.29, 1.82) is 0 Å². The molecule has 6 nitrogen and oxygen atoms in total. The lowest BCUT2D eigenvalue weighted by atomic mass is 10.1. The predicted molar refractivity (Wildman–Crippen MR) is 63.0 cm³/mol. The third-order valence-electron chi connectivity index (χ3n) is 2.71. The highest BCUT2D eigenvalue weighted by Gasteiger charge is 2.21. The number of nitro groups is 1. The largest absolute Gasteiger partial charge is 0.453 e. The second kappa shape index (κ2) is 3.58. The van der Waals surface area contributed by atoms with Crippen LogP contribution in [0.4, 0.5) is 11.4 Å². The molecule has 0 amide bonds. The standard InChI is InChI=1S/C11H10N2O4/c1-5-6(2)17-11-7(10(5)14)3-4-8(12)9(11)13(15)16/h3-4H,12H2,1-2H3. The summed E-state index contributed by atoms with van der Waals surface area (Å²) in [5.74, 6) is 0.358. The summed E-state index contributed by atoms with van der Waals surface area (Å²) in [6, 6.07) is 2.78. The zero-order valence-electron chi connectivity index (χ0n) is 9.31. The molecular weight excluding hydrogens is 224 g/mol. The monoisotopic (exact) mass is 234 g/mol. The number of nitro benzene ring substituents is 1. The Hall–Kier alpha value is -2.37. The first-order valence-electron chi connectivity index (χ1n) is 4.90. The normalized spacial score (nSPS) is 10.7. The van der Waals surface area contributed by atoms with Crippen molar-refractivity contribution in [3.05, 3.63) is 43.8 Å². The number of hydrogen-bond donors (Lipinski definition) is 1. The van der Waals surface area contributed by atoms with Crippen LogP contribution in [0.3, 0.4) is 0 Å². The van der Waals surface area contributed by atoms with Gasteiger partial charge in [-0.15, -0.1) is 0 Å². The molecule has 88 valence electrons. The molecule has 17 heavy (non-hydrogen) atoms. The van der Waals surface area contributed by atoms with Crippen molar-refractivity contribution >= 4 is 22.3 Å². The van der Waals surface area contributed by atoms with Crippen molar-refractivity contribution in [2.24, 2.45) is 0 Å². The minimum Gasteiger partial charge on any atom is -0.453 e. The van der Waals surface area contributed by atoms with Crippen LogP contribution in [0.15, 0.2) is 21.3 Å². The van der Waals surface area contributed by atoms with Crippen LogP contribution in [0.5, 0.6) is 0 Å². The van der Waals surface area contributed by atoms with Crippen LogP contribution >= 0.6 is 0 Å². The van der Waals surface area contributed by atoms with E-state index in [1.165, 1.54) is 12.1 Å². The molecule has 0 unspecified atom stereocenters. The SMILES string of the molecule is Cc1oc2c([N+](=O)[O-])c(N)ccc2c(=O)c1C. The third kappa shape index (κ3) is 1.54. The lowest BCUT2D eigenvalue weighted by Crippen LogP contribution is -2.09. The molecule has 0 atom stereocenters. The van der Waals surface area contributed by atoms with Crippen LogP contribution in [0.2, 0.25) is 0 Å². The summed E-state index contributed by atoms with van der Waals surface area (Å²) in [6.45, 7) is 3.20. The Morgan fingerprint density at radius 3 is 2.59 bits per heavy atom. The number of hydrogen-bond acceptors (Lipinski definition) is 5. The molecule has 0 saturated carbocycles. The Bertz CT molecular complexity index is 688. The lowest BCUT2D eigenvalue weighted by molar-refractivity contribution is -0.382. The second-order valence-electron chi connectivity index (χ2n) is 3.75. The van der Waals surface area contributed by atoms with Gasteiger partial charge in [-0.3, -0.25) is 14.9 Å². The second-order valence-corrected chi connectivity index (χ2v) is 3.75. The van der Waals surface area contributed by atoms with Gasteiger partial charge in [-0.2, -0.15) is 0 Å². The van der Waals surface area contributed by atoms with Crippen molar-refractivity contribution < 1.29 is 9.34 Å². The first-order valence-corrected chi connectivity index (χ1v) is 4.90. The molecule has 2 aromatic rings. The van der Waals surface area contributed by atoms with Gasteiger partial charge < -0.3 is 10.2 Å². The van der Waals surface area contributed by atoms with Gasteiger partial charge in [0.25, 0.3) is 0 Å². The van der Waals surface area contributed by atoms with Gasteiger partial charge in [0, 0.05) is 5.56 Å². The Balaban J connectivity index is 3.06. The summed E-state index contributed by atoms with van der Waals surface area (Å²) in [5, 5.41) is 11.1. The quantitative estimate of drug-likeness (QED) is 0.461. The topological polar surface area (TPSA) is 99.4 Å². The number of nitrogens with two attached hydrogens (primary N) is 1. The number of aryl methyl sites for hydroxylation is 1. The molecule has 0 fully saturated rings. The smallest absolute Gasteiger partial charge is 0.334 e. The van der Waals surface area contributed by atoms with Crippen LogP contribution in [-0.2, 0) is 0 Å². The fourth-order valence-corrected chi connectivity index (χ4v) is 1.65.